The molecule has 1 aliphatic carbocycles. The summed E-state index contributed by atoms with van der Waals surface area (Å²) >= 11 is 0. The highest BCUT2D eigenvalue weighted by Gasteiger charge is 2.31. The minimum Gasteiger partial charge on any atom is -0.419 e. The van der Waals surface area contributed by atoms with Crippen molar-refractivity contribution < 1.29 is 9.21 Å². The number of piperidine rings is 1. The minimum atomic E-state index is 0.248. The van der Waals surface area contributed by atoms with E-state index in [1.807, 2.05) is 24.3 Å². The van der Waals surface area contributed by atoms with E-state index in [1.54, 1.807) is 0 Å². The van der Waals surface area contributed by atoms with Gasteiger partial charge in [0.1, 0.15) is 0 Å². The van der Waals surface area contributed by atoms with Gasteiger partial charge < -0.3 is 9.73 Å². The van der Waals surface area contributed by atoms with Crippen LogP contribution in [0.2, 0.25) is 0 Å². The van der Waals surface area contributed by atoms with Crippen LogP contribution in [0.5, 0.6) is 0 Å². The van der Waals surface area contributed by atoms with Crippen molar-refractivity contribution in [3.63, 3.8) is 0 Å². The molecule has 1 saturated heterocycles. The Morgan fingerprint density at radius 2 is 1.88 bits per heavy atom. The van der Waals surface area contributed by atoms with Gasteiger partial charge in [-0.1, -0.05) is 17.7 Å². The van der Waals surface area contributed by atoms with E-state index in [0.29, 0.717) is 24.4 Å². The third-order valence-electron chi connectivity index (χ3n) is 5.01. The molecular weight excluding hydrogens is 316 g/mol. The fourth-order valence-electron chi connectivity index (χ4n) is 3.22. The first-order valence-corrected chi connectivity index (χ1v) is 9.09. The molecule has 2 aromatic rings. The number of nitrogens with one attached hydrogen (secondary N) is 1. The highest BCUT2D eigenvalue weighted by Crippen LogP contribution is 2.29. The molecule has 1 saturated carbocycles. The number of nitrogens with zero attached hydrogens (tertiary/aromatic N) is 3. The number of rotatable bonds is 5. The quantitative estimate of drug-likeness (QED) is 0.906. The number of carbonyl (C=O) groups excluding carboxylic acids is 1. The Morgan fingerprint density at radius 3 is 2.56 bits per heavy atom. The van der Waals surface area contributed by atoms with E-state index in [-0.39, 0.29) is 11.8 Å². The van der Waals surface area contributed by atoms with Gasteiger partial charge in [-0.3, -0.25) is 9.69 Å². The zero-order valence-electron chi connectivity index (χ0n) is 14.6. The normalized spacial score (nSPS) is 19.1. The van der Waals surface area contributed by atoms with Crippen LogP contribution in [0.25, 0.3) is 11.5 Å². The molecule has 6 nitrogen and oxygen atoms in total. The molecule has 0 spiro atoms. The summed E-state index contributed by atoms with van der Waals surface area (Å²) in [5.41, 5.74) is 2.16. The molecule has 1 N–H and O–H groups in total. The third kappa shape index (κ3) is 4.07. The Morgan fingerprint density at radius 1 is 1.16 bits per heavy atom. The molecule has 2 aliphatic rings. The molecule has 1 amide bonds. The van der Waals surface area contributed by atoms with Gasteiger partial charge in [0.2, 0.25) is 17.7 Å². The van der Waals surface area contributed by atoms with Crippen LogP contribution in [0.15, 0.2) is 28.7 Å². The summed E-state index contributed by atoms with van der Waals surface area (Å²) in [6.45, 7) is 4.61. The standard InChI is InChI=1S/C19H24N4O2/c1-13-2-4-15(5-3-13)19-22-21-17(25-19)12-23-10-8-16(9-11-23)20-18(24)14-6-7-14/h2-5,14,16H,6-12H2,1H3,(H,20,24). The molecule has 0 radical (unpaired) electrons. The average Bonchev–Trinajstić information content (AvgIpc) is 3.38. The predicted molar refractivity (Wildman–Crippen MR) is 93.6 cm³/mol. The number of hydrogen-bond acceptors (Lipinski definition) is 5. The smallest absolute Gasteiger partial charge is 0.247 e. The molecule has 0 bridgehead atoms. The van der Waals surface area contributed by atoms with Gasteiger partial charge >= 0.3 is 0 Å². The van der Waals surface area contributed by atoms with E-state index in [1.165, 1.54) is 5.56 Å². The fraction of sp³-hybridized carbons (Fsp3) is 0.526. The number of amides is 1. The Balaban J connectivity index is 1.28. The van der Waals surface area contributed by atoms with Gasteiger partial charge in [0, 0.05) is 30.6 Å². The zero-order chi connectivity index (χ0) is 17.2. The number of likely N-dealkylation sites (tertiary alicyclic amines) is 1. The van der Waals surface area contributed by atoms with Gasteiger partial charge in [-0.05, 0) is 44.7 Å². The van der Waals surface area contributed by atoms with Crippen LogP contribution in [0.1, 0.15) is 37.1 Å². The van der Waals surface area contributed by atoms with E-state index in [0.717, 1.165) is 44.3 Å². The van der Waals surface area contributed by atoms with Crippen molar-refractivity contribution in [3.05, 3.63) is 35.7 Å². The van der Waals surface area contributed by atoms with Crippen LogP contribution in [0, 0.1) is 12.8 Å². The van der Waals surface area contributed by atoms with Gasteiger partial charge in [0.25, 0.3) is 0 Å². The summed E-state index contributed by atoms with van der Waals surface area (Å²) in [5.74, 6) is 1.76. The maximum atomic E-state index is 11.8. The molecule has 1 aromatic carbocycles. The largest absolute Gasteiger partial charge is 0.419 e. The lowest BCUT2D eigenvalue weighted by Crippen LogP contribution is -2.44. The summed E-state index contributed by atoms with van der Waals surface area (Å²) in [6.07, 6.45) is 4.09. The second kappa shape index (κ2) is 6.96. The van der Waals surface area contributed by atoms with Gasteiger partial charge in [-0.25, -0.2) is 0 Å². The lowest BCUT2D eigenvalue weighted by molar-refractivity contribution is -0.123. The number of hydrogen-bond donors (Lipinski definition) is 1. The maximum absolute atomic E-state index is 11.8. The van der Waals surface area contributed by atoms with Crippen molar-refractivity contribution in [1.29, 1.82) is 0 Å². The molecule has 6 heteroatoms. The van der Waals surface area contributed by atoms with Crippen molar-refractivity contribution >= 4 is 5.91 Å². The summed E-state index contributed by atoms with van der Waals surface area (Å²) in [6, 6.07) is 8.40. The van der Waals surface area contributed by atoms with Crippen molar-refractivity contribution in [2.75, 3.05) is 13.1 Å². The van der Waals surface area contributed by atoms with Crippen LogP contribution in [-0.2, 0) is 11.3 Å². The molecule has 0 atom stereocenters. The summed E-state index contributed by atoms with van der Waals surface area (Å²) in [7, 11) is 0. The molecule has 4 rings (SSSR count). The van der Waals surface area contributed by atoms with E-state index < -0.39 is 0 Å². The van der Waals surface area contributed by atoms with Gasteiger partial charge in [0.15, 0.2) is 0 Å². The summed E-state index contributed by atoms with van der Waals surface area (Å²) in [4.78, 5) is 14.2. The minimum absolute atomic E-state index is 0.248. The van der Waals surface area contributed by atoms with Crippen molar-refractivity contribution in [1.82, 2.24) is 20.4 Å². The molecule has 1 aliphatic heterocycles. The summed E-state index contributed by atoms with van der Waals surface area (Å²) in [5, 5.41) is 11.5. The predicted octanol–water partition coefficient (Wildman–Crippen LogP) is 2.54. The second-order valence-electron chi connectivity index (χ2n) is 7.20. The molecular formula is C19H24N4O2. The first-order chi connectivity index (χ1) is 12.2. The monoisotopic (exact) mass is 340 g/mol. The topological polar surface area (TPSA) is 71.3 Å². The molecule has 2 fully saturated rings. The molecule has 25 heavy (non-hydrogen) atoms. The fourth-order valence-corrected chi connectivity index (χ4v) is 3.22. The van der Waals surface area contributed by atoms with Crippen LogP contribution in [0.3, 0.4) is 0 Å². The first kappa shape index (κ1) is 16.3. The number of aromatic nitrogens is 2. The molecule has 1 aromatic heterocycles. The maximum Gasteiger partial charge on any atom is 0.247 e. The Labute approximate surface area is 147 Å². The Kier molecular flexibility index (Phi) is 4.53. The zero-order valence-corrected chi connectivity index (χ0v) is 14.6. The molecule has 132 valence electrons. The lowest BCUT2D eigenvalue weighted by Gasteiger charge is -2.31. The van der Waals surface area contributed by atoms with Gasteiger partial charge in [-0.2, -0.15) is 0 Å². The second-order valence-corrected chi connectivity index (χ2v) is 7.20. The van der Waals surface area contributed by atoms with Gasteiger partial charge in [-0.15, -0.1) is 10.2 Å². The number of aryl methyl sites for hydroxylation is 1. The van der Waals surface area contributed by atoms with Crippen LogP contribution < -0.4 is 5.32 Å². The van der Waals surface area contributed by atoms with Crippen molar-refractivity contribution in [2.45, 2.75) is 45.2 Å². The average molecular weight is 340 g/mol. The Hall–Kier alpha value is -2.21. The Bertz CT molecular complexity index is 728. The molecule has 0 unspecified atom stereocenters. The SMILES string of the molecule is Cc1ccc(-c2nnc(CN3CCC(NC(=O)C4CC4)CC3)o2)cc1. The van der Waals surface area contributed by atoms with E-state index >= 15 is 0 Å². The third-order valence-corrected chi connectivity index (χ3v) is 5.01. The number of carbonyl (C=O) groups is 1. The first-order valence-electron chi connectivity index (χ1n) is 9.09. The van der Waals surface area contributed by atoms with E-state index in [9.17, 15) is 4.79 Å². The summed E-state index contributed by atoms with van der Waals surface area (Å²) < 4.78 is 5.81. The highest BCUT2D eigenvalue weighted by atomic mass is 16.4. The van der Waals surface area contributed by atoms with E-state index in [2.05, 4.69) is 27.3 Å². The highest BCUT2D eigenvalue weighted by molar-refractivity contribution is 5.81. The van der Waals surface area contributed by atoms with Crippen molar-refractivity contribution in [2.24, 2.45) is 5.92 Å². The van der Waals surface area contributed by atoms with Crippen LogP contribution in [0.4, 0.5) is 0 Å². The van der Waals surface area contributed by atoms with Crippen LogP contribution in [-0.4, -0.2) is 40.1 Å². The van der Waals surface area contributed by atoms with Gasteiger partial charge in [0.05, 0.1) is 6.54 Å². The number of benzene rings is 1. The molecule has 2 heterocycles. The lowest BCUT2D eigenvalue weighted by atomic mass is 10.0. The van der Waals surface area contributed by atoms with Crippen molar-refractivity contribution in [3.8, 4) is 11.5 Å². The van der Waals surface area contributed by atoms with Crippen LogP contribution >= 0.6 is 0 Å². The van der Waals surface area contributed by atoms with E-state index in [4.69, 9.17) is 4.42 Å².